The number of halogens is 2. The van der Waals surface area contributed by atoms with Crippen molar-refractivity contribution in [3.8, 4) is 5.75 Å². The van der Waals surface area contributed by atoms with Crippen LogP contribution < -0.4 is 0 Å². The van der Waals surface area contributed by atoms with Gasteiger partial charge in [-0.05, 0) is 35.3 Å². The molecule has 2 nitrogen and oxygen atoms in total. The SMILES string of the molecule is CC(C)c1ccc(/C=C/c2ncc(F)cc2Cl)cc1O. The highest BCUT2D eigenvalue weighted by Crippen LogP contribution is 2.27. The van der Waals surface area contributed by atoms with Crippen LogP contribution in [0, 0.1) is 5.82 Å². The van der Waals surface area contributed by atoms with Crippen LogP contribution in [0.3, 0.4) is 0 Å². The summed E-state index contributed by atoms with van der Waals surface area (Å²) in [5.41, 5.74) is 2.22. The lowest BCUT2D eigenvalue weighted by atomic mass is 10.0. The molecule has 2 aromatic rings. The largest absolute Gasteiger partial charge is 0.508 e. The van der Waals surface area contributed by atoms with E-state index in [0.717, 1.165) is 17.3 Å². The molecule has 0 amide bonds. The average molecular weight is 292 g/mol. The maximum atomic E-state index is 12.9. The molecule has 0 bridgehead atoms. The molecule has 0 saturated heterocycles. The summed E-state index contributed by atoms with van der Waals surface area (Å²) in [7, 11) is 0. The van der Waals surface area contributed by atoms with Crippen molar-refractivity contribution < 1.29 is 9.50 Å². The Morgan fingerprint density at radius 3 is 2.60 bits per heavy atom. The first-order valence-corrected chi connectivity index (χ1v) is 6.67. The molecule has 1 heterocycles. The van der Waals surface area contributed by atoms with Crippen molar-refractivity contribution in [2.24, 2.45) is 0 Å². The fourth-order valence-electron chi connectivity index (χ4n) is 1.88. The van der Waals surface area contributed by atoms with E-state index in [2.05, 4.69) is 4.98 Å². The van der Waals surface area contributed by atoms with Crippen molar-refractivity contribution in [2.75, 3.05) is 0 Å². The third kappa shape index (κ3) is 3.36. The van der Waals surface area contributed by atoms with E-state index in [1.165, 1.54) is 6.07 Å². The molecule has 4 heteroatoms. The van der Waals surface area contributed by atoms with E-state index in [1.807, 2.05) is 26.0 Å². The van der Waals surface area contributed by atoms with E-state index in [-0.39, 0.29) is 16.7 Å². The van der Waals surface area contributed by atoms with Crippen LogP contribution in [0.2, 0.25) is 5.02 Å². The van der Waals surface area contributed by atoms with Gasteiger partial charge >= 0.3 is 0 Å². The second-order valence-electron chi connectivity index (χ2n) is 4.83. The fourth-order valence-corrected chi connectivity index (χ4v) is 2.09. The Bertz CT molecular complexity index is 653. The van der Waals surface area contributed by atoms with E-state index < -0.39 is 5.82 Å². The monoisotopic (exact) mass is 291 g/mol. The topological polar surface area (TPSA) is 33.1 Å². The molecule has 0 spiro atoms. The molecule has 0 radical (unpaired) electrons. The molecular weight excluding hydrogens is 277 g/mol. The van der Waals surface area contributed by atoms with Gasteiger partial charge in [0.15, 0.2) is 0 Å². The summed E-state index contributed by atoms with van der Waals surface area (Å²) in [4.78, 5) is 3.90. The Hall–Kier alpha value is -1.87. The third-order valence-corrected chi connectivity index (χ3v) is 3.25. The Morgan fingerprint density at radius 1 is 1.25 bits per heavy atom. The number of nitrogens with zero attached hydrogens (tertiary/aromatic N) is 1. The molecule has 0 aliphatic rings. The van der Waals surface area contributed by atoms with Crippen molar-refractivity contribution in [3.63, 3.8) is 0 Å². The molecule has 0 fully saturated rings. The van der Waals surface area contributed by atoms with Crippen LogP contribution in [0.4, 0.5) is 4.39 Å². The molecule has 0 atom stereocenters. The standard InChI is InChI=1S/C16H15ClFNO/c1-10(2)13-5-3-11(7-16(13)20)4-6-15-14(17)8-12(18)9-19-15/h3-10,20H,1-2H3/b6-4+. The van der Waals surface area contributed by atoms with Gasteiger partial charge in [0.25, 0.3) is 0 Å². The fraction of sp³-hybridized carbons (Fsp3) is 0.188. The second-order valence-corrected chi connectivity index (χ2v) is 5.23. The lowest BCUT2D eigenvalue weighted by molar-refractivity contribution is 0.465. The van der Waals surface area contributed by atoms with Gasteiger partial charge in [-0.3, -0.25) is 4.98 Å². The number of hydrogen-bond acceptors (Lipinski definition) is 2. The zero-order valence-corrected chi connectivity index (χ0v) is 12.0. The van der Waals surface area contributed by atoms with Crippen molar-refractivity contribution >= 4 is 23.8 Å². The summed E-state index contributed by atoms with van der Waals surface area (Å²) in [6.07, 6.45) is 4.58. The number of phenols is 1. The number of pyridine rings is 1. The van der Waals surface area contributed by atoms with Crippen molar-refractivity contribution in [1.29, 1.82) is 0 Å². The van der Waals surface area contributed by atoms with Gasteiger partial charge in [0.05, 0.1) is 16.9 Å². The molecule has 0 saturated carbocycles. The molecule has 20 heavy (non-hydrogen) atoms. The number of hydrogen-bond donors (Lipinski definition) is 1. The molecular formula is C16H15ClFNO. The summed E-state index contributed by atoms with van der Waals surface area (Å²) in [5.74, 6) is 0.0626. The van der Waals surface area contributed by atoms with Crippen LogP contribution in [0.15, 0.2) is 30.5 Å². The minimum atomic E-state index is -0.467. The number of benzene rings is 1. The van der Waals surface area contributed by atoms with E-state index in [4.69, 9.17) is 11.6 Å². The van der Waals surface area contributed by atoms with Crippen LogP contribution in [0.5, 0.6) is 5.75 Å². The smallest absolute Gasteiger partial charge is 0.143 e. The van der Waals surface area contributed by atoms with Crippen LogP contribution in [-0.4, -0.2) is 10.1 Å². The predicted octanol–water partition coefficient (Wildman–Crippen LogP) is 4.87. The van der Waals surface area contributed by atoms with Gasteiger partial charge in [0, 0.05) is 0 Å². The van der Waals surface area contributed by atoms with Gasteiger partial charge in [0.1, 0.15) is 11.6 Å². The number of aromatic hydroxyl groups is 1. The molecule has 1 aromatic heterocycles. The molecule has 1 aromatic carbocycles. The molecule has 0 aliphatic heterocycles. The summed E-state index contributed by atoms with van der Waals surface area (Å²) in [6, 6.07) is 6.69. The highest BCUT2D eigenvalue weighted by molar-refractivity contribution is 6.31. The zero-order valence-electron chi connectivity index (χ0n) is 11.3. The minimum absolute atomic E-state index is 0.254. The number of aromatic nitrogens is 1. The summed E-state index contributed by atoms with van der Waals surface area (Å²) >= 11 is 5.89. The zero-order chi connectivity index (χ0) is 14.7. The summed E-state index contributed by atoms with van der Waals surface area (Å²) in [5, 5.41) is 10.2. The molecule has 0 unspecified atom stereocenters. The lowest BCUT2D eigenvalue weighted by Gasteiger charge is -2.08. The van der Waals surface area contributed by atoms with Gasteiger partial charge in [-0.1, -0.05) is 43.7 Å². The van der Waals surface area contributed by atoms with Gasteiger partial charge < -0.3 is 5.11 Å². The highest BCUT2D eigenvalue weighted by Gasteiger charge is 2.05. The summed E-state index contributed by atoms with van der Waals surface area (Å²) < 4.78 is 12.9. The molecule has 104 valence electrons. The molecule has 0 aliphatic carbocycles. The quantitative estimate of drug-likeness (QED) is 0.875. The van der Waals surface area contributed by atoms with Crippen LogP contribution in [0.25, 0.3) is 12.2 Å². The first kappa shape index (κ1) is 14.5. The third-order valence-electron chi connectivity index (χ3n) is 2.95. The van der Waals surface area contributed by atoms with Gasteiger partial charge in [-0.15, -0.1) is 0 Å². The van der Waals surface area contributed by atoms with E-state index in [9.17, 15) is 9.50 Å². The normalized spacial score (nSPS) is 11.4. The Morgan fingerprint density at radius 2 is 2.00 bits per heavy atom. The molecule has 2 rings (SSSR count). The lowest BCUT2D eigenvalue weighted by Crippen LogP contribution is -1.88. The van der Waals surface area contributed by atoms with Gasteiger partial charge in [-0.2, -0.15) is 0 Å². The highest BCUT2D eigenvalue weighted by atomic mass is 35.5. The van der Waals surface area contributed by atoms with Gasteiger partial charge in [0.2, 0.25) is 0 Å². The van der Waals surface area contributed by atoms with Crippen LogP contribution in [-0.2, 0) is 0 Å². The predicted molar refractivity (Wildman–Crippen MR) is 80.3 cm³/mol. The first-order chi connectivity index (χ1) is 9.47. The number of phenolic OH excluding ortho intramolecular Hbond substituents is 1. The first-order valence-electron chi connectivity index (χ1n) is 6.29. The van der Waals surface area contributed by atoms with Crippen LogP contribution in [0.1, 0.15) is 36.6 Å². The molecule has 1 N–H and O–H groups in total. The van der Waals surface area contributed by atoms with Crippen LogP contribution >= 0.6 is 11.6 Å². The Labute approximate surface area is 122 Å². The average Bonchev–Trinajstić information content (AvgIpc) is 2.37. The number of rotatable bonds is 3. The van der Waals surface area contributed by atoms with Crippen molar-refractivity contribution in [3.05, 3.63) is 58.1 Å². The van der Waals surface area contributed by atoms with Crippen molar-refractivity contribution in [1.82, 2.24) is 4.98 Å². The van der Waals surface area contributed by atoms with Crippen molar-refractivity contribution in [2.45, 2.75) is 19.8 Å². The Balaban J connectivity index is 2.25. The van der Waals surface area contributed by atoms with Gasteiger partial charge in [-0.25, -0.2) is 4.39 Å². The van der Waals surface area contributed by atoms with E-state index in [1.54, 1.807) is 18.2 Å². The summed E-state index contributed by atoms with van der Waals surface area (Å²) in [6.45, 7) is 4.04. The minimum Gasteiger partial charge on any atom is -0.508 e. The van der Waals surface area contributed by atoms with E-state index >= 15 is 0 Å². The second kappa shape index (κ2) is 6.06. The maximum Gasteiger partial charge on any atom is 0.143 e. The maximum absolute atomic E-state index is 12.9. The Kier molecular flexibility index (Phi) is 4.40. The van der Waals surface area contributed by atoms with E-state index in [0.29, 0.717) is 5.69 Å².